The van der Waals surface area contributed by atoms with Crippen LogP contribution in [0.25, 0.3) is 0 Å². The molecule has 1 atom stereocenters. The molecule has 4 nitrogen and oxygen atoms in total. The van der Waals surface area contributed by atoms with E-state index in [2.05, 4.69) is 30.9 Å². The summed E-state index contributed by atoms with van der Waals surface area (Å²) in [4.78, 5) is 25.2. The maximum Gasteiger partial charge on any atom is 0.269 e. The maximum atomic E-state index is 13.9. The van der Waals surface area contributed by atoms with Gasteiger partial charge in [0.2, 0.25) is 0 Å². The Balaban J connectivity index is 1.54. The van der Waals surface area contributed by atoms with Crippen molar-refractivity contribution in [1.29, 1.82) is 0 Å². The maximum absolute atomic E-state index is 13.9. The molecule has 2 aliphatic heterocycles. The summed E-state index contributed by atoms with van der Waals surface area (Å²) in [5.74, 6) is 0.103. The summed E-state index contributed by atoms with van der Waals surface area (Å²) in [5.41, 5.74) is 2.24. The molecule has 1 amide bonds. The minimum Gasteiger partial charge on any atom is -0.334 e. The number of aliphatic imine (C=N–C) groups is 1. The van der Waals surface area contributed by atoms with E-state index in [1.807, 2.05) is 41.3 Å². The molecule has 2 aromatic rings. The Hall–Kier alpha value is -1.89. The Morgan fingerprint density at radius 3 is 2.58 bits per heavy atom. The Bertz CT molecular complexity index is 1110. The van der Waals surface area contributed by atoms with Gasteiger partial charge in [-0.05, 0) is 62.2 Å². The Morgan fingerprint density at radius 1 is 1.09 bits per heavy atom. The van der Waals surface area contributed by atoms with Crippen LogP contribution in [0.15, 0.2) is 68.4 Å². The minimum absolute atomic E-state index is 0.00791. The Morgan fingerprint density at radius 2 is 1.85 bits per heavy atom. The predicted molar refractivity (Wildman–Crippen MR) is 141 cm³/mol. The molecule has 2 heterocycles. The molecule has 0 spiro atoms. The van der Waals surface area contributed by atoms with Gasteiger partial charge < -0.3 is 4.90 Å². The zero-order chi connectivity index (χ0) is 22.9. The molecule has 3 aliphatic rings. The summed E-state index contributed by atoms with van der Waals surface area (Å²) in [7, 11) is 0. The largest absolute Gasteiger partial charge is 0.334 e. The number of anilines is 1. The van der Waals surface area contributed by atoms with Crippen LogP contribution in [0.2, 0.25) is 5.02 Å². The zero-order valence-electron chi connectivity index (χ0n) is 19.0. The van der Waals surface area contributed by atoms with Crippen molar-refractivity contribution in [2.24, 2.45) is 4.99 Å². The molecule has 1 saturated heterocycles. The summed E-state index contributed by atoms with van der Waals surface area (Å²) < 4.78 is 0. The first kappa shape index (κ1) is 22.9. The fourth-order valence-corrected chi connectivity index (χ4v) is 7.44. The number of rotatable bonds is 4. The van der Waals surface area contributed by atoms with Crippen LogP contribution in [0, 0.1) is 0 Å². The number of halogens is 1. The third kappa shape index (κ3) is 4.45. The number of nitrogens with zero attached hydrogens (tertiary/aromatic N) is 3. The van der Waals surface area contributed by atoms with Crippen molar-refractivity contribution >= 4 is 51.9 Å². The van der Waals surface area contributed by atoms with E-state index in [1.54, 1.807) is 23.5 Å². The van der Waals surface area contributed by atoms with E-state index in [0.717, 1.165) is 50.6 Å². The van der Waals surface area contributed by atoms with Crippen molar-refractivity contribution < 1.29 is 4.79 Å². The monoisotopic (exact) mass is 497 g/mol. The van der Waals surface area contributed by atoms with Gasteiger partial charge in [0, 0.05) is 22.5 Å². The third-order valence-corrected chi connectivity index (χ3v) is 9.12. The van der Waals surface area contributed by atoms with Crippen LogP contribution in [0.5, 0.6) is 0 Å². The van der Waals surface area contributed by atoms with Gasteiger partial charge in [-0.25, -0.2) is 0 Å². The van der Waals surface area contributed by atoms with Gasteiger partial charge in [-0.1, -0.05) is 73.0 Å². The van der Waals surface area contributed by atoms with Crippen LogP contribution >= 0.6 is 35.1 Å². The molecule has 1 unspecified atom stereocenters. The van der Waals surface area contributed by atoms with Gasteiger partial charge in [-0.15, -0.1) is 0 Å². The van der Waals surface area contributed by atoms with Crippen molar-refractivity contribution in [2.45, 2.75) is 62.9 Å². The summed E-state index contributed by atoms with van der Waals surface area (Å²) in [6.07, 6.45) is 5.70. The number of carbonyl (C=O) groups is 1. The molecule has 2 fully saturated rings. The molecule has 2 aromatic carbocycles. The lowest BCUT2D eigenvalue weighted by atomic mass is 9.94. The lowest BCUT2D eigenvalue weighted by Crippen LogP contribution is -2.41. The smallest absolute Gasteiger partial charge is 0.269 e. The van der Waals surface area contributed by atoms with E-state index in [4.69, 9.17) is 16.6 Å². The highest BCUT2D eigenvalue weighted by molar-refractivity contribution is 8.19. The number of fused-ring (bicyclic) bond motifs is 1. The number of hydrogen-bond donors (Lipinski definition) is 0. The first-order valence-corrected chi connectivity index (χ1v) is 13.7. The number of amidine groups is 1. The minimum atomic E-state index is -0.00791. The van der Waals surface area contributed by atoms with Gasteiger partial charge in [-0.3, -0.25) is 14.7 Å². The first-order valence-electron chi connectivity index (χ1n) is 11.7. The zero-order valence-corrected chi connectivity index (χ0v) is 21.3. The normalized spacial score (nSPS) is 23.5. The summed E-state index contributed by atoms with van der Waals surface area (Å²) in [5, 5.41) is 2.56. The second kappa shape index (κ2) is 9.77. The average Bonchev–Trinajstić information content (AvgIpc) is 3.36. The van der Waals surface area contributed by atoms with Crippen molar-refractivity contribution in [3.8, 4) is 0 Å². The quantitative estimate of drug-likeness (QED) is 0.410. The molecule has 0 N–H and O–H groups in total. The second-order valence-corrected chi connectivity index (χ2v) is 11.1. The number of hydrogen-bond acceptors (Lipinski definition) is 5. The lowest BCUT2D eigenvalue weighted by Gasteiger charge is -2.30. The highest BCUT2D eigenvalue weighted by atomic mass is 35.5. The molecule has 5 rings (SSSR count). The number of carbonyl (C=O) groups excluding carboxylic acids is 1. The van der Waals surface area contributed by atoms with Crippen LogP contribution in [0.1, 0.15) is 57.6 Å². The summed E-state index contributed by atoms with van der Waals surface area (Å²) in [6.45, 7) is 5.01. The van der Waals surface area contributed by atoms with Gasteiger partial charge in [0.05, 0.1) is 11.7 Å². The SMILES string of the molecule is CCN1/C(=C2/SC(=NC(C)c3ccccc3)N(C3CCCCC3)C2=O)Sc2ccc(Cl)cc21. The summed E-state index contributed by atoms with van der Waals surface area (Å²) >= 11 is 9.51. The lowest BCUT2D eigenvalue weighted by molar-refractivity contribution is -0.124. The van der Waals surface area contributed by atoms with Gasteiger partial charge in [0.25, 0.3) is 5.91 Å². The molecule has 7 heteroatoms. The molecular formula is C26H28ClN3OS2. The van der Waals surface area contributed by atoms with Crippen LogP contribution < -0.4 is 4.90 Å². The highest BCUT2D eigenvalue weighted by Gasteiger charge is 2.43. The fraction of sp³-hybridized carbons (Fsp3) is 0.385. The van der Waals surface area contributed by atoms with Gasteiger partial charge in [-0.2, -0.15) is 0 Å². The van der Waals surface area contributed by atoms with Crippen molar-refractivity contribution in [1.82, 2.24) is 4.90 Å². The van der Waals surface area contributed by atoms with Crippen molar-refractivity contribution in [3.63, 3.8) is 0 Å². The van der Waals surface area contributed by atoms with E-state index < -0.39 is 0 Å². The van der Waals surface area contributed by atoms with Crippen LogP contribution in [0.4, 0.5) is 5.69 Å². The van der Waals surface area contributed by atoms with Gasteiger partial charge in [0.1, 0.15) is 9.93 Å². The standard InChI is InChI=1S/C26H28ClN3OS2/c1-3-29-21-16-19(27)14-15-22(21)32-25(29)23-24(31)30(20-12-8-5-9-13-20)26(33-23)28-17(2)18-10-6-4-7-11-18/h4,6-7,10-11,14-17,20H,3,5,8-9,12-13H2,1-2H3/b25-23-,28-26?. The van der Waals surface area contributed by atoms with E-state index in [0.29, 0.717) is 5.02 Å². The molecule has 0 aromatic heterocycles. The van der Waals surface area contributed by atoms with Crippen molar-refractivity contribution in [2.75, 3.05) is 11.4 Å². The molecular weight excluding hydrogens is 470 g/mol. The van der Waals surface area contributed by atoms with Crippen LogP contribution in [-0.4, -0.2) is 28.6 Å². The fourth-order valence-electron chi connectivity index (χ4n) is 4.78. The van der Waals surface area contributed by atoms with Gasteiger partial charge >= 0.3 is 0 Å². The summed E-state index contributed by atoms with van der Waals surface area (Å²) in [6, 6.07) is 16.5. The van der Waals surface area contributed by atoms with E-state index in [-0.39, 0.29) is 18.0 Å². The molecule has 1 aliphatic carbocycles. The number of thioether (sulfide) groups is 2. The topological polar surface area (TPSA) is 35.9 Å². The molecule has 0 radical (unpaired) electrons. The predicted octanol–water partition coefficient (Wildman–Crippen LogP) is 7.47. The van der Waals surface area contributed by atoms with Crippen molar-refractivity contribution in [3.05, 3.63) is 69.1 Å². The Kier molecular flexibility index (Phi) is 6.77. The Labute approximate surface area is 209 Å². The molecule has 33 heavy (non-hydrogen) atoms. The third-order valence-electron chi connectivity index (χ3n) is 6.51. The number of benzene rings is 2. The highest BCUT2D eigenvalue weighted by Crippen LogP contribution is 2.52. The molecule has 0 bridgehead atoms. The van der Waals surface area contributed by atoms with Crippen LogP contribution in [-0.2, 0) is 4.79 Å². The van der Waals surface area contributed by atoms with E-state index in [9.17, 15) is 4.79 Å². The van der Waals surface area contributed by atoms with Gasteiger partial charge in [0.15, 0.2) is 5.17 Å². The molecule has 172 valence electrons. The number of amides is 1. The first-order chi connectivity index (χ1) is 16.1. The van der Waals surface area contributed by atoms with Crippen LogP contribution in [0.3, 0.4) is 0 Å². The second-order valence-electron chi connectivity index (χ2n) is 8.66. The van der Waals surface area contributed by atoms with E-state index in [1.165, 1.54) is 19.3 Å². The molecule has 1 saturated carbocycles. The average molecular weight is 498 g/mol. The van der Waals surface area contributed by atoms with E-state index >= 15 is 0 Å².